The number of ether oxygens (including phenoxy) is 1. The molecule has 0 saturated carbocycles. The highest BCUT2D eigenvalue weighted by molar-refractivity contribution is 9.11. The lowest BCUT2D eigenvalue weighted by molar-refractivity contribution is 0.322. The molecule has 1 aliphatic rings. The smallest absolute Gasteiger partial charge is 0.142 e. The molecule has 0 aliphatic carbocycles. The minimum atomic E-state index is 0.203. The van der Waals surface area contributed by atoms with Gasteiger partial charge in [0.25, 0.3) is 0 Å². The van der Waals surface area contributed by atoms with Crippen LogP contribution in [0.25, 0.3) is 0 Å². The van der Waals surface area contributed by atoms with E-state index in [-0.39, 0.29) is 6.04 Å². The van der Waals surface area contributed by atoms with Crippen LogP contribution in [0.5, 0.6) is 5.75 Å². The van der Waals surface area contributed by atoms with Crippen molar-refractivity contribution in [3.63, 3.8) is 0 Å². The van der Waals surface area contributed by atoms with E-state index < -0.39 is 0 Å². The zero-order valence-corrected chi connectivity index (χ0v) is 13.5. The summed E-state index contributed by atoms with van der Waals surface area (Å²) in [5.41, 5.74) is 7.21. The summed E-state index contributed by atoms with van der Waals surface area (Å²) in [4.78, 5) is 3.66. The molecule has 0 spiro atoms. The highest BCUT2D eigenvalue weighted by Gasteiger charge is 2.25. The molecule has 1 aromatic heterocycles. The van der Waals surface area contributed by atoms with E-state index in [0.29, 0.717) is 6.54 Å². The Labute approximate surface area is 131 Å². The van der Waals surface area contributed by atoms with E-state index in [9.17, 15) is 0 Å². The second-order valence-electron chi connectivity index (χ2n) is 4.76. The van der Waals surface area contributed by atoms with Gasteiger partial charge in [-0.15, -0.1) is 11.3 Å². The van der Waals surface area contributed by atoms with Gasteiger partial charge in [0, 0.05) is 18.0 Å². The van der Waals surface area contributed by atoms with Crippen LogP contribution in [0.15, 0.2) is 40.2 Å². The zero-order valence-electron chi connectivity index (χ0n) is 11.1. The van der Waals surface area contributed by atoms with E-state index in [4.69, 9.17) is 10.5 Å². The van der Waals surface area contributed by atoms with Crippen LogP contribution >= 0.6 is 27.3 Å². The first-order valence-electron chi connectivity index (χ1n) is 6.73. The third-order valence-corrected chi connectivity index (χ3v) is 5.22. The normalized spacial score (nSPS) is 16.2. The number of thiophene rings is 1. The minimum Gasteiger partial charge on any atom is -0.491 e. The van der Waals surface area contributed by atoms with E-state index in [1.807, 2.05) is 12.1 Å². The second kappa shape index (κ2) is 6.16. The van der Waals surface area contributed by atoms with Crippen molar-refractivity contribution in [2.45, 2.75) is 12.5 Å². The molecule has 2 aromatic rings. The Morgan fingerprint density at radius 1 is 1.30 bits per heavy atom. The molecular weight excluding hydrogens is 336 g/mol. The third-order valence-electron chi connectivity index (χ3n) is 3.50. The lowest BCUT2D eigenvalue weighted by Gasteiger charge is -2.31. The van der Waals surface area contributed by atoms with Crippen molar-refractivity contribution in [3.05, 3.63) is 45.1 Å². The standard InChI is InChI=1S/C15H17BrN2OS/c16-15-7-6-14(20-15)12(10-17)18-8-3-9-19-13-5-2-1-4-11(13)18/h1-2,4-7,12H,3,8-10,17H2. The van der Waals surface area contributed by atoms with Gasteiger partial charge in [-0.05, 0) is 46.6 Å². The molecule has 106 valence electrons. The van der Waals surface area contributed by atoms with Crippen LogP contribution < -0.4 is 15.4 Å². The Kier molecular flexibility index (Phi) is 4.29. The monoisotopic (exact) mass is 352 g/mol. The molecule has 1 aromatic carbocycles. The van der Waals surface area contributed by atoms with Crippen molar-refractivity contribution in [1.29, 1.82) is 0 Å². The summed E-state index contributed by atoms with van der Waals surface area (Å²) in [5, 5.41) is 0. The highest BCUT2D eigenvalue weighted by atomic mass is 79.9. The molecular formula is C15H17BrN2OS. The Hall–Kier alpha value is -1.04. The molecule has 0 radical (unpaired) electrons. The molecule has 20 heavy (non-hydrogen) atoms. The summed E-state index contributed by atoms with van der Waals surface area (Å²) < 4.78 is 6.97. The first kappa shape index (κ1) is 13.9. The number of halogens is 1. The summed E-state index contributed by atoms with van der Waals surface area (Å²) in [7, 11) is 0. The van der Waals surface area contributed by atoms with Crippen molar-refractivity contribution >= 4 is 33.0 Å². The maximum absolute atomic E-state index is 6.06. The van der Waals surface area contributed by atoms with Crippen LogP contribution in [0.4, 0.5) is 5.69 Å². The van der Waals surface area contributed by atoms with Gasteiger partial charge in [0.2, 0.25) is 0 Å². The van der Waals surface area contributed by atoms with Gasteiger partial charge in [-0.2, -0.15) is 0 Å². The molecule has 0 fully saturated rings. The fraction of sp³-hybridized carbons (Fsp3) is 0.333. The van der Waals surface area contributed by atoms with Crippen LogP contribution in [-0.4, -0.2) is 19.7 Å². The number of fused-ring (bicyclic) bond motifs is 1. The third kappa shape index (κ3) is 2.71. The number of anilines is 1. The van der Waals surface area contributed by atoms with Crippen molar-refractivity contribution < 1.29 is 4.74 Å². The predicted molar refractivity (Wildman–Crippen MR) is 87.7 cm³/mol. The summed E-state index contributed by atoms with van der Waals surface area (Å²) in [6, 6.07) is 12.7. The number of rotatable bonds is 3. The summed E-state index contributed by atoms with van der Waals surface area (Å²) in [5.74, 6) is 0.957. The van der Waals surface area contributed by atoms with Crippen molar-refractivity contribution in [2.75, 3.05) is 24.6 Å². The highest BCUT2D eigenvalue weighted by Crippen LogP contribution is 2.38. The van der Waals surface area contributed by atoms with Gasteiger partial charge in [0.05, 0.1) is 22.1 Å². The molecule has 3 rings (SSSR count). The molecule has 0 bridgehead atoms. The van der Waals surface area contributed by atoms with E-state index in [0.717, 1.165) is 34.8 Å². The molecule has 1 atom stereocenters. The minimum absolute atomic E-state index is 0.203. The number of nitrogens with two attached hydrogens (primary N) is 1. The molecule has 2 heterocycles. The number of hydrogen-bond acceptors (Lipinski definition) is 4. The van der Waals surface area contributed by atoms with Crippen LogP contribution in [-0.2, 0) is 0 Å². The molecule has 0 saturated heterocycles. The number of benzene rings is 1. The Bertz CT molecular complexity index is 587. The average molecular weight is 353 g/mol. The Morgan fingerprint density at radius 3 is 2.90 bits per heavy atom. The van der Waals surface area contributed by atoms with Crippen LogP contribution in [0.2, 0.25) is 0 Å². The van der Waals surface area contributed by atoms with Gasteiger partial charge in [-0.1, -0.05) is 12.1 Å². The number of para-hydroxylation sites is 2. The van der Waals surface area contributed by atoms with Gasteiger partial charge in [-0.3, -0.25) is 0 Å². The summed E-state index contributed by atoms with van der Waals surface area (Å²) in [6.07, 6.45) is 1.01. The van der Waals surface area contributed by atoms with E-state index >= 15 is 0 Å². The molecule has 3 nitrogen and oxygen atoms in total. The maximum Gasteiger partial charge on any atom is 0.142 e. The first-order valence-corrected chi connectivity index (χ1v) is 8.34. The molecule has 1 unspecified atom stereocenters. The van der Waals surface area contributed by atoms with Crippen molar-refractivity contribution in [3.8, 4) is 5.75 Å². The van der Waals surface area contributed by atoms with Gasteiger partial charge < -0.3 is 15.4 Å². The average Bonchev–Trinajstić information content (AvgIpc) is 2.78. The van der Waals surface area contributed by atoms with E-state index in [2.05, 4.69) is 45.1 Å². The largest absolute Gasteiger partial charge is 0.491 e. The van der Waals surface area contributed by atoms with Crippen LogP contribution in [0.3, 0.4) is 0 Å². The Balaban J connectivity index is 1.99. The lowest BCUT2D eigenvalue weighted by Crippen LogP contribution is -2.33. The number of nitrogens with zero attached hydrogens (tertiary/aromatic N) is 1. The summed E-state index contributed by atoms with van der Waals surface area (Å²) in [6.45, 7) is 2.33. The fourth-order valence-corrected chi connectivity index (χ4v) is 4.13. The fourth-order valence-electron chi connectivity index (χ4n) is 2.58. The van der Waals surface area contributed by atoms with E-state index in [1.54, 1.807) is 11.3 Å². The second-order valence-corrected chi connectivity index (χ2v) is 7.25. The van der Waals surface area contributed by atoms with E-state index in [1.165, 1.54) is 4.88 Å². The van der Waals surface area contributed by atoms with Crippen molar-refractivity contribution in [2.24, 2.45) is 5.73 Å². The quantitative estimate of drug-likeness (QED) is 0.912. The SMILES string of the molecule is NCC(c1ccc(Br)s1)N1CCCOc2ccccc21. The van der Waals surface area contributed by atoms with Crippen LogP contribution in [0.1, 0.15) is 17.3 Å². The molecule has 0 amide bonds. The van der Waals surface area contributed by atoms with Crippen molar-refractivity contribution in [1.82, 2.24) is 0 Å². The Morgan fingerprint density at radius 2 is 2.15 bits per heavy atom. The van der Waals surface area contributed by atoms with Crippen LogP contribution in [0, 0.1) is 0 Å². The van der Waals surface area contributed by atoms with Gasteiger partial charge in [-0.25, -0.2) is 0 Å². The molecule has 1 aliphatic heterocycles. The lowest BCUT2D eigenvalue weighted by atomic mass is 10.1. The predicted octanol–water partition coefficient (Wildman–Crippen LogP) is 3.80. The topological polar surface area (TPSA) is 38.5 Å². The van der Waals surface area contributed by atoms with Gasteiger partial charge >= 0.3 is 0 Å². The molecule has 2 N–H and O–H groups in total. The maximum atomic E-state index is 6.06. The molecule has 5 heteroatoms. The number of hydrogen-bond donors (Lipinski definition) is 1. The van der Waals surface area contributed by atoms with Gasteiger partial charge in [0.15, 0.2) is 0 Å². The zero-order chi connectivity index (χ0) is 13.9. The van der Waals surface area contributed by atoms with Gasteiger partial charge in [0.1, 0.15) is 5.75 Å². The summed E-state index contributed by atoms with van der Waals surface area (Å²) >= 11 is 5.29. The first-order chi connectivity index (χ1) is 9.79.